The maximum Gasteiger partial charge on any atom is 0.245 e. The average Bonchev–Trinajstić information content (AvgIpc) is 3.02. The molecule has 2 aromatic heterocycles. The topological polar surface area (TPSA) is 63.2 Å². The highest BCUT2D eigenvalue weighted by Crippen LogP contribution is 2.24. The van der Waals surface area contributed by atoms with E-state index >= 15 is 0 Å². The van der Waals surface area contributed by atoms with Gasteiger partial charge in [-0.2, -0.15) is 10.1 Å². The van der Waals surface area contributed by atoms with Crippen molar-refractivity contribution in [1.82, 2.24) is 29.7 Å². The molecule has 0 aliphatic carbocycles. The minimum Gasteiger partial charge on any atom is -0.338 e. The summed E-state index contributed by atoms with van der Waals surface area (Å²) in [7, 11) is 4.09. The normalized spacial score (nSPS) is 21.0. The maximum atomic E-state index is 5.35. The highest BCUT2D eigenvalue weighted by Gasteiger charge is 2.30. The Hall–Kier alpha value is -1.73. The molecule has 1 saturated heterocycles. The lowest BCUT2D eigenvalue weighted by Crippen LogP contribution is -2.46. The largest absolute Gasteiger partial charge is 0.338 e. The molecular formula is C14H22N6O. The molecule has 114 valence electrons. The van der Waals surface area contributed by atoms with Crippen LogP contribution in [0, 0.1) is 13.8 Å². The van der Waals surface area contributed by atoms with Crippen LogP contribution in [0.5, 0.6) is 0 Å². The Morgan fingerprint density at radius 2 is 2.10 bits per heavy atom. The predicted molar refractivity (Wildman–Crippen MR) is 77.6 cm³/mol. The molecular weight excluding hydrogens is 268 g/mol. The van der Waals surface area contributed by atoms with Gasteiger partial charge in [-0.15, -0.1) is 0 Å². The van der Waals surface area contributed by atoms with E-state index in [4.69, 9.17) is 4.52 Å². The second-order valence-electron chi connectivity index (χ2n) is 5.79. The quantitative estimate of drug-likeness (QED) is 0.837. The van der Waals surface area contributed by atoms with Crippen molar-refractivity contribution in [2.45, 2.75) is 26.4 Å². The van der Waals surface area contributed by atoms with Crippen LogP contribution in [0.2, 0.25) is 0 Å². The number of aromatic nitrogens is 4. The lowest BCUT2D eigenvalue weighted by Gasteiger charge is -2.37. The molecule has 21 heavy (non-hydrogen) atoms. The number of likely N-dealkylation sites (N-methyl/N-ethyl adjacent to an activating group) is 1. The van der Waals surface area contributed by atoms with E-state index in [1.54, 1.807) is 0 Å². The predicted octanol–water partition coefficient (Wildman–Crippen LogP) is 0.909. The molecule has 0 bridgehead atoms. The molecule has 1 aliphatic heterocycles. The van der Waals surface area contributed by atoms with Crippen molar-refractivity contribution in [2.75, 3.05) is 26.7 Å². The molecule has 0 radical (unpaired) electrons. The van der Waals surface area contributed by atoms with E-state index in [1.807, 2.05) is 24.9 Å². The molecule has 7 heteroatoms. The molecule has 3 rings (SSSR count). The number of piperazine rings is 1. The Bertz CT molecular complexity index is 619. The molecule has 1 atom stereocenters. The summed E-state index contributed by atoms with van der Waals surface area (Å²) >= 11 is 0. The first-order valence-corrected chi connectivity index (χ1v) is 7.25. The van der Waals surface area contributed by atoms with Crippen molar-refractivity contribution >= 4 is 0 Å². The summed E-state index contributed by atoms with van der Waals surface area (Å²) < 4.78 is 7.28. The highest BCUT2D eigenvalue weighted by molar-refractivity contribution is 5.16. The zero-order valence-corrected chi connectivity index (χ0v) is 13.1. The van der Waals surface area contributed by atoms with Gasteiger partial charge in [0, 0.05) is 44.5 Å². The lowest BCUT2D eigenvalue weighted by molar-refractivity contribution is 0.0713. The fourth-order valence-electron chi connectivity index (χ4n) is 2.73. The third-order valence-electron chi connectivity index (χ3n) is 4.29. The van der Waals surface area contributed by atoms with E-state index < -0.39 is 0 Å². The second kappa shape index (κ2) is 5.57. The fourth-order valence-corrected chi connectivity index (χ4v) is 2.73. The molecule has 0 unspecified atom stereocenters. The Kier molecular flexibility index (Phi) is 3.77. The van der Waals surface area contributed by atoms with Gasteiger partial charge in [-0.3, -0.25) is 14.5 Å². The molecule has 0 saturated carbocycles. The number of rotatable bonds is 3. The van der Waals surface area contributed by atoms with Crippen molar-refractivity contribution in [3.05, 3.63) is 29.2 Å². The summed E-state index contributed by atoms with van der Waals surface area (Å²) in [4.78, 5) is 9.09. The summed E-state index contributed by atoms with van der Waals surface area (Å²) in [5.74, 6) is 1.40. The number of hydrogen-bond acceptors (Lipinski definition) is 6. The average molecular weight is 290 g/mol. The fraction of sp³-hybridized carbons (Fsp3) is 0.643. The smallest absolute Gasteiger partial charge is 0.245 e. The second-order valence-corrected chi connectivity index (χ2v) is 5.79. The highest BCUT2D eigenvalue weighted by atomic mass is 16.5. The van der Waals surface area contributed by atoms with Gasteiger partial charge in [-0.25, -0.2) is 0 Å². The lowest BCUT2D eigenvalue weighted by atomic mass is 10.1. The standard InChI is InChI=1S/C14H22N6O/c1-10-12(7-15-19(10)4)8-20-6-5-18(3)13(9-20)14-16-11(2)17-21-14/h7,13H,5-6,8-9H2,1-4H3/t13-/m0/s1. The van der Waals surface area contributed by atoms with Crippen molar-refractivity contribution < 1.29 is 4.52 Å². The Morgan fingerprint density at radius 1 is 1.29 bits per heavy atom. The van der Waals surface area contributed by atoms with Gasteiger partial charge in [0.1, 0.15) is 6.04 Å². The maximum absolute atomic E-state index is 5.35. The molecule has 0 amide bonds. The summed E-state index contributed by atoms with van der Waals surface area (Å²) in [6.45, 7) is 7.80. The van der Waals surface area contributed by atoms with Crippen LogP contribution in [0.15, 0.2) is 10.7 Å². The zero-order valence-electron chi connectivity index (χ0n) is 13.1. The zero-order chi connectivity index (χ0) is 15.0. The van der Waals surface area contributed by atoms with E-state index in [0.717, 1.165) is 26.2 Å². The Balaban J connectivity index is 1.72. The first kappa shape index (κ1) is 14.2. The van der Waals surface area contributed by atoms with E-state index in [1.165, 1.54) is 11.3 Å². The van der Waals surface area contributed by atoms with Gasteiger partial charge in [-0.05, 0) is 20.9 Å². The number of aryl methyl sites for hydroxylation is 2. The van der Waals surface area contributed by atoms with Crippen LogP contribution >= 0.6 is 0 Å². The van der Waals surface area contributed by atoms with Crippen molar-refractivity contribution in [2.24, 2.45) is 7.05 Å². The number of nitrogens with zero attached hydrogens (tertiary/aromatic N) is 6. The van der Waals surface area contributed by atoms with Gasteiger partial charge in [0.25, 0.3) is 0 Å². The van der Waals surface area contributed by atoms with E-state index in [9.17, 15) is 0 Å². The van der Waals surface area contributed by atoms with Crippen LogP contribution in [-0.2, 0) is 13.6 Å². The summed E-state index contributed by atoms with van der Waals surface area (Å²) in [6, 6.07) is 0.164. The van der Waals surface area contributed by atoms with Crippen LogP contribution in [-0.4, -0.2) is 56.4 Å². The van der Waals surface area contributed by atoms with Gasteiger partial charge in [0.2, 0.25) is 5.89 Å². The molecule has 3 heterocycles. The monoisotopic (exact) mass is 290 g/mol. The van der Waals surface area contributed by atoms with Gasteiger partial charge in [0.15, 0.2) is 5.82 Å². The Morgan fingerprint density at radius 3 is 2.71 bits per heavy atom. The van der Waals surface area contributed by atoms with Gasteiger partial charge >= 0.3 is 0 Å². The van der Waals surface area contributed by atoms with Gasteiger partial charge < -0.3 is 4.52 Å². The molecule has 1 aliphatic rings. The third-order valence-corrected chi connectivity index (χ3v) is 4.29. The van der Waals surface area contributed by atoms with Crippen molar-refractivity contribution in [1.29, 1.82) is 0 Å². The van der Waals surface area contributed by atoms with Gasteiger partial charge in [0.05, 0.1) is 6.20 Å². The van der Waals surface area contributed by atoms with E-state index in [-0.39, 0.29) is 6.04 Å². The van der Waals surface area contributed by atoms with Crippen LogP contribution in [0.25, 0.3) is 0 Å². The van der Waals surface area contributed by atoms with Crippen LogP contribution < -0.4 is 0 Å². The first-order chi connectivity index (χ1) is 10.0. The Labute approximate surface area is 124 Å². The minimum atomic E-state index is 0.164. The molecule has 2 aromatic rings. The molecule has 0 aromatic carbocycles. The van der Waals surface area contributed by atoms with Crippen LogP contribution in [0.1, 0.15) is 29.0 Å². The molecule has 0 N–H and O–H groups in total. The first-order valence-electron chi connectivity index (χ1n) is 7.25. The summed E-state index contributed by atoms with van der Waals surface area (Å²) in [5.41, 5.74) is 2.50. The summed E-state index contributed by atoms with van der Waals surface area (Å²) in [5, 5.41) is 8.22. The molecule has 0 spiro atoms. The third kappa shape index (κ3) is 2.84. The van der Waals surface area contributed by atoms with Crippen LogP contribution in [0.3, 0.4) is 0 Å². The summed E-state index contributed by atoms with van der Waals surface area (Å²) in [6.07, 6.45) is 1.96. The molecule has 1 fully saturated rings. The molecule has 7 nitrogen and oxygen atoms in total. The van der Waals surface area contributed by atoms with Gasteiger partial charge in [-0.1, -0.05) is 5.16 Å². The van der Waals surface area contributed by atoms with E-state index in [0.29, 0.717) is 11.7 Å². The SMILES string of the molecule is Cc1noc([C@@H]2CN(Cc3cnn(C)c3C)CCN2C)n1. The number of hydrogen-bond donors (Lipinski definition) is 0. The van der Waals surface area contributed by atoms with Crippen LogP contribution in [0.4, 0.5) is 0 Å². The minimum absolute atomic E-state index is 0.164. The van der Waals surface area contributed by atoms with Crippen molar-refractivity contribution in [3.8, 4) is 0 Å². The van der Waals surface area contributed by atoms with Crippen molar-refractivity contribution in [3.63, 3.8) is 0 Å². The van der Waals surface area contributed by atoms with E-state index in [2.05, 4.69) is 39.0 Å².